The molecule has 1 fully saturated rings. The van der Waals surface area contributed by atoms with Crippen LogP contribution in [0.25, 0.3) is 0 Å². The Labute approximate surface area is 127 Å². The third-order valence-corrected chi connectivity index (χ3v) is 4.59. The molecule has 0 bridgehead atoms. The summed E-state index contributed by atoms with van der Waals surface area (Å²) in [6.07, 6.45) is 4.37. The van der Waals surface area contributed by atoms with E-state index in [2.05, 4.69) is 36.1 Å². The van der Waals surface area contributed by atoms with Gasteiger partial charge in [0.05, 0.1) is 5.60 Å². The first-order valence-electron chi connectivity index (χ1n) is 7.81. The Morgan fingerprint density at radius 2 is 2.19 bits per heavy atom. The predicted octanol–water partition coefficient (Wildman–Crippen LogP) is 2.99. The van der Waals surface area contributed by atoms with Gasteiger partial charge in [0, 0.05) is 31.1 Å². The van der Waals surface area contributed by atoms with E-state index in [1.54, 1.807) is 0 Å². The summed E-state index contributed by atoms with van der Waals surface area (Å²) >= 11 is 0. The van der Waals surface area contributed by atoms with Gasteiger partial charge in [0.25, 0.3) is 0 Å². The highest BCUT2D eigenvalue weighted by Crippen LogP contribution is 2.34. The Kier molecular flexibility index (Phi) is 5.35. The van der Waals surface area contributed by atoms with Crippen molar-refractivity contribution in [3.8, 4) is 0 Å². The highest BCUT2D eigenvalue weighted by atomic mass is 16.3. The number of rotatable bonds is 5. The third-order valence-electron chi connectivity index (χ3n) is 4.59. The van der Waals surface area contributed by atoms with Crippen LogP contribution in [0.2, 0.25) is 0 Å². The van der Waals surface area contributed by atoms with Crippen LogP contribution in [0.15, 0.2) is 36.4 Å². The van der Waals surface area contributed by atoms with E-state index in [0.717, 1.165) is 19.4 Å². The summed E-state index contributed by atoms with van der Waals surface area (Å²) in [5.41, 5.74) is 0.510. The molecule has 1 saturated heterocycles. The van der Waals surface area contributed by atoms with Crippen LogP contribution in [0.3, 0.4) is 0 Å². The van der Waals surface area contributed by atoms with Gasteiger partial charge in [0.15, 0.2) is 0 Å². The molecule has 1 aromatic carbocycles. The average molecular weight is 287 g/mol. The molecule has 0 amide bonds. The molecule has 2 rings (SSSR count). The minimum atomic E-state index is -0.804. The van der Waals surface area contributed by atoms with Crippen LogP contribution in [-0.4, -0.2) is 34.6 Å². The number of aliphatic hydroxyl groups is 1. The Morgan fingerprint density at radius 1 is 1.48 bits per heavy atom. The predicted molar refractivity (Wildman–Crippen MR) is 84.7 cm³/mol. The van der Waals surface area contributed by atoms with Crippen molar-refractivity contribution in [2.24, 2.45) is 5.92 Å². The minimum absolute atomic E-state index is 0.146. The van der Waals surface area contributed by atoms with Gasteiger partial charge >= 0.3 is 0 Å². The fourth-order valence-corrected chi connectivity index (χ4v) is 3.20. The van der Waals surface area contributed by atoms with E-state index in [9.17, 15) is 9.90 Å². The minimum Gasteiger partial charge on any atom is -0.389 e. The summed E-state index contributed by atoms with van der Waals surface area (Å²) in [4.78, 5) is 13.1. The van der Waals surface area contributed by atoms with Crippen molar-refractivity contribution in [2.75, 3.05) is 13.1 Å². The van der Waals surface area contributed by atoms with E-state index in [4.69, 9.17) is 0 Å². The maximum atomic E-state index is 10.7. The third kappa shape index (κ3) is 3.82. The summed E-state index contributed by atoms with van der Waals surface area (Å²) in [7, 11) is 0. The SMILES string of the molecule is CCCC(c1ccccc1)N1CC[C@](C)(O)[C@@H](C=C=O)C1. The summed E-state index contributed by atoms with van der Waals surface area (Å²) < 4.78 is 0. The molecule has 21 heavy (non-hydrogen) atoms. The molecule has 0 radical (unpaired) electrons. The van der Waals surface area contributed by atoms with E-state index in [0.29, 0.717) is 19.0 Å². The van der Waals surface area contributed by atoms with E-state index >= 15 is 0 Å². The lowest BCUT2D eigenvalue weighted by Crippen LogP contribution is -2.50. The zero-order chi connectivity index (χ0) is 15.3. The lowest BCUT2D eigenvalue weighted by atomic mass is 9.81. The topological polar surface area (TPSA) is 40.5 Å². The standard InChI is InChI=1S/C18H25NO2/c1-3-7-17(15-8-5-4-6-9-15)19-12-11-18(2,21)16(14-19)10-13-20/h4-6,8-10,16-17,21H,3,7,11-12,14H2,1-2H3/t16-,17?,18-/m0/s1. The molecule has 1 N–H and O–H groups in total. The summed E-state index contributed by atoms with van der Waals surface area (Å²) in [6, 6.07) is 10.9. The van der Waals surface area contributed by atoms with Gasteiger partial charge in [0.1, 0.15) is 5.94 Å². The smallest absolute Gasteiger partial charge is 0.120 e. The molecule has 1 unspecified atom stereocenters. The highest BCUT2D eigenvalue weighted by Gasteiger charge is 2.38. The lowest BCUT2D eigenvalue weighted by Gasteiger charge is -2.44. The van der Waals surface area contributed by atoms with Crippen LogP contribution in [0, 0.1) is 5.92 Å². The van der Waals surface area contributed by atoms with Gasteiger partial charge in [-0.25, -0.2) is 4.79 Å². The van der Waals surface area contributed by atoms with Gasteiger partial charge in [-0.1, -0.05) is 43.7 Å². The zero-order valence-electron chi connectivity index (χ0n) is 13.0. The van der Waals surface area contributed by atoms with E-state index in [1.807, 2.05) is 18.9 Å². The van der Waals surface area contributed by atoms with Gasteiger partial charge in [-0.15, -0.1) is 0 Å². The number of benzene rings is 1. The van der Waals surface area contributed by atoms with Crippen LogP contribution in [0.5, 0.6) is 0 Å². The number of hydrogen-bond acceptors (Lipinski definition) is 3. The van der Waals surface area contributed by atoms with Crippen LogP contribution >= 0.6 is 0 Å². The molecule has 1 aromatic rings. The quantitative estimate of drug-likeness (QED) is 0.846. The second kappa shape index (κ2) is 7.04. The number of hydrogen-bond donors (Lipinski definition) is 1. The normalized spacial score (nSPS) is 27.9. The number of carbonyl (C=O) groups excluding carboxylic acids is 1. The van der Waals surface area contributed by atoms with E-state index < -0.39 is 5.60 Å². The molecule has 0 spiro atoms. The van der Waals surface area contributed by atoms with Crippen molar-refractivity contribution in [3.05, 3.63) is 42.0 Å². The van der Waals surface area contributed by atoms with Gasteiger partial charge in [-0.2, -0.15) is 0 Å². The largest absolute Gasteiger partial charge is 0.389 e. The zero-order valence-corrected chi connectivity index (χ0v) is 13.0. The van der Waals surface area contributed by atoms with Crippen molar-refractivity contribution in [2.45, 2.75) is 44.8 Å². The van der Waals surface area contributed by atoms with Crippen LogP contribution < -0.4 is 0 Å². The molecular formula is C18H25NO2. The summed E-state index contributed by atoms with van der Waals surface area (Å²) in [6.45, 7) is 5.58. The van der Waals surface area contributed by atoms with Crippen LogP contribution in [0.1, 0.15) is 44.7 Å². The first-order chi connectivity index (χ1) is 10.1. The van der Waals surface area contributed by atoms with Crippen molar-refractivity contribution in [3.63, 3.8) is 0 Å². The molecule has 1 aliphatic rings. The fourth-order valence-electron chi connectivity index (χ4n) is 3.20. The second-order valence-corrected chi connectivity index (χ2v) is 6.21. The Morgan fingerprint density at radius 3 is 2.81 bits per heavy atom. The molecule has 0 saturated carbocycles. The maximum Gasteiger partial charge on any atom is 0.120 e. The van der Waals surface area contributed by atoms with Crippen LogP contribution in [0.4, 0.5) is 0 Å². The highest BCUT2D eigenvalue weighted by molar-refractivity contribution is 5.46. The van der Waals surface area contributed by atoms with Gasteiger partial charge in [-0.3, -0.25) is 4.90 Å². The summed E-state index contributed by atoms with van der Waals surface area (Å²) in [5.74, 6) is 1.72. The number of likely N-dealkylation sites (tertiary alicyclic amines) is 1. The molecule has 1 aliphatic heterocycles. The molecule has 0 aromatic heterocycles. The molecule has 0 aliphatic carbocycles. The maximum absolute atomic E-state index is 10.7. The van der Waals surface area contributed by atoms with E-state index in [-0.39, 0.29) is 5.92 Å². The monoisotopic (exact) mass is 287 g/mol. The fraction of sp³-hybridized carbons (Fsp3) is 0.556. The molecule has 1 heterocycles. The van der Waals surface area contributed by atoms with Gasteiger partial charge in [0.2, 0.25) is 0 Å². The average Bonchev–Trinajstić information content (AvgIpc) is 2.48. The van der Waals surface area contributed by atoms with Crippen LogP contribution in [-0.2, 0) is 4.79 Å². The first kappa shape index (κ1) is 16.0. The van der Waals surface area contributed by atoms with Crippen molar-refractivity contribution < 1.29 is 9.90 Å². The van der Waals surface area contributed by atoms with Gasteiger partial charge < -0.3 is 5.11 Å². The number of piperidine rings is 1. The Balaban J connectivity index is 2.20. The molecule has 114 valence electrons. The Bertz CT molecular complexity index is 491. The van der Waals surface area contributed by atoms with Crippen molar-refractivity contribution >= 4 is 5.94 Å². The first-order valence-corrected chi connectivity index (χ1v) is 7.81. The molecule has 3 nitrogen and oxygen atoms in total. The molecular weight excluding hydrogens is 262 g/mol. The van der Waals surface area contributed by atoms with Crippen molar-refractivity contribution in [1.82, 2.24) is 4.90 Å². The lowest BCUT2D eigenvalue weighted by molar-refractivity contribution is -0.0504. The number of nitrogens with zero attached hydrogens (tertiary/aromatic N) is 1. The second-order valence-electron chi connectivity index (χ2n) is 6.21. The molecule has 3 heteroatoms. The molecule has 3 atom stereocenters. The Hall–Kier alpha value is -1.41. The van der Waals surface area contributed by atoms with E-state index in [1.165, 1.54) is 11.6 Å². The summed E-state index contributed by atoms with van der Waals surface area (Å²) in [5, 5.41) is 10.4. The van der Waals surface area contributed by atoms with Crippen molar-refractivity contribution in [1.29, 1.82) is 0 Å². The van der Waals surface area contributed by atoms with Gasteiger partial charge in [-0.05, 0) is 25.3 Å².